The fourth-order valence-corrected chi connectivity index (χ4v) is 3.25. The zero-order valence-electron chi connectivity index (χ0n) is 13.4. The molecule has 1 aliphatic rings. The molecule has 0 radical (unpaired) electrons. The number of rotatable bonds is 7. The Morgan fingerprint density at radius 2 is 1.78 bits per heavy atom. The molecule has 0 aliphatic heterocycles. The lowest BCUT2D eigenvalue weighted by Crippen LogP contribution is -2.17. The van der Waals surface area contributed by atoms with Gasteiger partial charge in [0, 0.05) is 6.42 Å². The minimum atomic E-state index is -0.519. The second-order valence-electron chi connectivity index (χ2n) is 6.47. The second kappa shape index (κ2) is 9.01. The van der Waals surface area contributed by atoms with Crippen molar-refractivity contribution in [3.8, 4) is 0 Å². The third kappa shape index (κ3) is 5.61. The molecule has 0 heterocycles. The third-order valence-corrected chi connectivity index (χ3v) is 4.75. The number of unbranched alkanes of at least 4 members (excludes halogenated alkanes) is 1. The molecule has 1 aliphatic carbocycles. The normalized spacial score (nSPS) is 22.6. The summed E-state index contributed by atoms with van der Waals surface area (Å²) in [6, 6.07) is 8.12. The van der Waals surface area contributed by atoms with Gasteiger partial charge in [-0.25, -0.2) is 5.48 Å². The number of aliphatic hydroxyl groups excluding tert-OH is 2. The van der Waals surface area contributed by atoms with Gasteiger partial charge in [-0.1, -0.05) is 30.7 Å². The zero-order chi connectivity index (χ0) is 16.7. The third-order valence-electron chi connectivity index (χ3n) is 4.75. The van der Waals surface area contributed by atoms with E-state index in [2.05, 4.69) is 12.1 Å². The number of carbonyl (C=O) groups is 1. The van der Waals surface area contributed by atoms with Gasteiger partial charge in [-0.15, -0.1) is 0 Å². The van der Waals surface area contributed by atoms with Crippen LogP contribution in [-0.2, 0) is 4.79 Å². The zero-order valence-corrected chi connectivity index (χ0v) is 13.4. The fourth-order valence-electron chi connectivity index (χ4n) is 3.25. The van der Waals surface area contributed by atoms with E-state index in [0.29, 0.717) is 18.8 Å². The number of aliphatic hydroxyl groups is 2. The van der Waals surface area contributed by atoms with Crippen molar-refractivity contribution in [2.24, 2.45) is 0 Å². The first-order chi connectivity index (χ1) is 11.1. The van der Waals surface area contributed by atoms with Crippen LogP contribution in [0.1, 0.15) is 74.5 Å². The van der Waals surface area contributed by atoms with Crippen LogP contribution in [0.4, 0.5) is 0 Å². The van der Waals surface area contributed by atoms with Crippen LogP contribution in [-0.4, -0.2) is 27.4 Å². The van der Waals surface area contributed by atoms with Gasteiger partial charge < -0.3 is 10.2 Å². The van der Waals surface area contributed by atoms with Crippen molar-refractivity contribution >= 4 is 5.91 Å². The van der Waals surface area contributed by atoms with Crippen molar-refractivity contribution in [2.75, 3.05) is 0 Å². The highest BCUT2D eigenvalue weighted by Gasteiger charge is 2.20. The SMILES string of the molecule is O=C(CCCCC(O)c1ccc([C@H]2CC[C@H](O)CC2)cc1)NO. The van der Waals surface area contributed by atoms with Crippen LogP contribution in [0.2, 0.25) is 0 Å². The summed E-state index contributed by atoms with van der Waals surface area (Å²) in [4.78, 5) is 10.9. The number of benzene rings is 1. The standard InChI is InChI=1S/C18H27NO4/c20-16-11-9-14(10-12-16)13-5-7-15(8-6-13)17(21)3-1-2-4-18(22)19-23/h5-8,14,16-17,20-21,23H,1-4,9-12H2,(H,19,22)/t14-,16-,17?. The molecular weight excluding hydrogens is 294 g/mol. The number of carbonyl (C=O) groups excluding carboxylic acids is 1. The topological polar surface area (TPSA) is 89.8 Å². The fraction of sp³-hybridized carbons (Fsp3) is 0.611. The van der Waals surface area contributed by atoms with Crippen molar-refractivity contribution in [3.63, 3.8) is 0 Å². The molecule has 1 saturated carbocycles. The second-order valence-corrected chi connectivity index (χ2v) is 6.47. The minimum absolute atomic E-state index is 0.139. The van der Waals surface area contributed by atoms with E-state index in [0.717, 1.165) is 37.7 Å². The molecule has 5 heteroatoms. The Balaban J connectivity index is 1.78. The van der Waals surface area contributed by atoms with E-state index < -0.39 is 6.10 Å². The van der Waals surface area contributed by atoms with Crippen molar-refractivity contribution in [3.05, 3.63) is 35.4 Å². The Bertz CT molecular complexity index is 480. The van der Waals surface area contributed by atoms with Gasteiger partial charge in [0.2, 0.25) is 5.91 Å². The molecule has 1 unspecified atom stereocenters. The Morgan fingerprint density at radius 1 is 1.13 bits per heavy atom. The van der Waals surface area contributed by atoms with Gasteiger partial charge in [-0.05, 0) is 55.6 Å². The molecule has 1 fully saturated rings. The minimum Gasteiger partial charge on any atom is -0.393 e. The molecule has 1 atom stereocenters. The van der Waals surface area contributed by atoms with Gasteiger partial charge in [-0.2, -0.15) is 0 Å². The van der Waals surface area contributed by atoms with Crippen LogP contribution in [0.15, 0.2) is 24.3 Å². The van der Waals surface area contributed by atoms with E-state index in [-0.39, 0.29) is 18.4 Å². The molecule has 5 nitrogen and oxygen atoms in total. The van der Waals surface area contributed by atoms with Gasteiger partial charge in [0.1, 0.15) is 0 Å². The van der Waals surface area contributed by atoms with Crippen LogP contribution >= 0.6 is 0 Å². The van der Waals surface area contributed by atoms with Crippen LogP contribution in [0.25, 0.3) is 0 Å². The summed E-state index contributed by atoms with van der Waals surface area (Å²) in [5.41, 5.74) is 3.79. The number of hydroxylamine groups is 1. The summed E-state index contributed by atoms with van der Waals surface area (Å²) in [5, 5.41) is 28.2. The van der Waals surface area contributed by atoms with E-state index in [4.69, 9.17) is 5.21 Å². The van der Waals surface area contributed by atoms with Gasteiger partial charge in [-0.3, -0.25) is 10.0 Å². The molecule has 23 heavy (non-hydrogen) atoms. The van der Waals surface area contributed by atoms with Crippen LogP contribution < -0.4 is 5.48 Å². The summed E-state index contributed by atoms with van der Waals surface area (Å²) in [6.45, 7) is 0. The molecule has 0 saturated heterocycles. The number of hydrogen-bond acceptors (Lipinski definition) is 4. The maximum atomic E-state index is 10.9. The summed E-state index contributed by atoms with van der Waals surface area (Å²) in [5.74, 6) is 0.128. The van der Waals surface area contributed by atoms with Crippen molar-refractivity contribution < 1.29 is 20.2 Å². The predicted octanol–water partition coefficient (Wildman–Crippen LogP) is 2.80. The molecule has 0 aromatic heterocycles. The largest absolute Gasteiger partial charge is 0.393 e. The molecule has 0 bridgehead atoms. The van der Waals surface area contributed by atoms with Crippen LogP contribution in [0.3, 0.4) is 0 Å². The average molecular weight is 321 g/mol. The van der Waals surface area contributed by atoms with Crippen molar-refractivity contribution in [1.29, 1.82) is 0 Å². The van der Waals surface area contributed by atoms with Gasteiger partial charge in [0.15, 0.2) is 0 Å². The number of amides is 1. The molecule has 1 aromatic rings. The predicted molar refractivity (Wildman–Crippen MR) is 87.0 cm³/mol. The van der Waals surface area contributed by atoms with Gasteiger partial charge in [0.05, 0.1) is 12.2 Å². The molecule has 1 aromatic carbocycles. The maximum Gasteiger partial charge on any atom is 0.243 e. The Hall–Kier alpha value is -1.43. The summed E-state index contributed by atoms with van der Waals surface area (Å²) in [7, 11) is 0. The van der Waals surface area contributed by atoms with E-state index in [1.165, 1.54) is 5.56 Å². The van der Waals surface area contributed by atoms with Crippen molar-refractivity contribution in [2.45, 2.75) is 69.5 Å². The molecule has 4 N–H and O–H groups in total. The summed E-state index contributed by atoms with van der Waals surface area (Å²) >= 11 is 0. The maximum absolute atomic E-state index is 10.9. The highest BCUT2D eigenvalue weighted by molar-refractivity contribution is 5.74. The van der Waals surface area contributed by atoms with Crippen LogP contribution in [0, 0.1) is 0 Å². The first-order valence-corrected chi connectivity index (χ1v) is 8.49. The summed E-state index contributed by atoms with van der Waals surface area (Å²) in [6.07, 6.45) is 5.39. The first-order valence-electron chi connectivity index (χ1n) is 8.49. The smallest absolute Gasteiger partial charge is 0.243 e. The number of hydrogen-bond donors (Lipinski definition) is 4. The Labute approximate surface area is 137 Å². The quantitative estimate of drug-likeness (QED) is 0.353. The molecule has 1 amide bonds. The van der Waals surface area contributed by atoms with E-state index in [1.807, 2.05) is 12.1 Å². The molecule has 2 rings (SSSR count). The van der Waals surface area contributed by atoms with Crippen molar-refractivity contribution in [1.82, 2.24) is 5.48 Å². The highest BCUT2D eigenvalue weighted by Crippen LogP contribution is 2.33. The van der Waals surface area contributed by atoms with Crippen LogP contribution in [0.5, 0.6) is 0 Å². The molecular formula is C18H27NO4. The lowest BCUT2D eigenvalue weighted by atomic mass is 9.82. The highest BCUT2D eigenvalue weighted by atomic mass is 16.5. The lowest BCUT2D eigenvalue weighted by molar-refractivity contribution is -0.129. The van der Waals surface area contributed by atoms with E-state index in [9.17, 15) is 15.0 Å². The van der Waals surface area contributed by atoms with Gasteiger partial charge >= 0.3 is 0 Å². The molecule has 128 valence electrons. The monoisotopic (exact) mass is 321 g/mol. The van der Waals surface area contributed by atoms with E-state index >= 15 is 0 Å². The Kier molecular flexibility index (Phi) is 7.02. The number of nitrogens with one attached hydrogen (secondary N) is 1. The Morgan fingerprint density at radius 3 is 2.39 bits per heavy atom. The molecule has 0 spiro atoms. The van der Waals surface area contributed by atoms with E-state index in [1.54, 1.807) is 5.48 Å². The average Bonchev–Trinajstić information content (AvgIpc) is 2.59. The van der Waals surface area contributed by atoms with Gasteiger partial charge in [0.25, 0.3) is 0 Å². The lowest BCUT2D eigenvalue weighted by Gasteiger charge is -2.26. The first kappa shape index (κ1) is 17.9. The summed E-state index contributed by atoms with van der Waals surface area (Å²) < 4.78 is 0.